The Morgan fingerprint density at radius 1 is 1.31 bits per heavy atom. The first kappa shape index (κ1) is 20.7. The maximum atomic E-state index is 13.0. The molecule has 3 heterocycles. The number of aromatic nitrogens is 2. The first-order valence-electron chi connectivity index (χ1n) is 9.82. The van der Waals surface area contributed by atoms with Gasteiger partial charge in [0.25, 0.3) is 5.91 Å². The number of likely N-dealkylation sites (tertiary alicyclic amines) is 1. The number of hydrogen-bond acceptors (Lipinski definition) is 6. The molecule has 0 bridgehead atoms. The van der Waals surface area contributed by atoms with Gasteiger partial charge in [-0.3, -0.25) is 14.6 Å². The predicted molar refractivity (Wildman–Crippen MR) is 106 cm³/mol. The number of carbonyl (C=O) groups is 2. The van der Waals surface area contributed by atoms with Crippen LogP contribution in [0.4, 0.5) is 0 Å². The average molecular weight is 398 g/mol. The number of rotatable bonds is 7. The van der Waals surface area contributed by atoms with Crippen LogP contribution >= 0.6 is 0 Å². The Labute approximate surface area is 169 Å². The van der Waals surface area contributed by atoms with Crippen molar-refractivity contribution in [3.8, 4) is 5.88 Å². The van der Waals surface area contributed by atoms with Crippen molar-refractivity contribution in [1.29, 1.82) is 0 Å². The lowest BCUT2D eigenvalue weighted by Gasteiger charge is -2.35. The standard InChI is InChI=1S/C21H26N4O4/c1-2-29-20-16(6-4-10-24-20)21(28)25-12-8-18(26)17(14-25)19(27)23-11-7-15-5-3-9-22-13-15/h3-6,9-10,13,17-18,26H,2,7-8,11-12,14H2,1H3,(H,23,27)/t17-,18+/m0/s1. The van der Waals surface area contributed by atoms with Gasteiger partial charge in [-0.05, 0) is 43.5 Å². The molecule has 3 rings (SSSR count). The highest BCUT2D eigenvalue weighted by Crippen LogP contribution is 2.23. The fourth-order valence-corrected chi connectivity index (χ4v) is 3.36. The van der Waals surface area contributed by atoms with Gasteiger partial charge in [-0.15, -0.1) is 0 Å². The number of aliphatic hydroxyl groups excluding tert-OH is 1. The van der Waals surface area contributed by atoms with Crippen molar-refractivity contribution >= 4 is 11.8 Å². The molecular weight excluding hydrogens is 372 g/mol. The Bertz CT molecular complexity index is 830. The molecule has 8 heteroatoms. The molecule has 0 spiro atoms. The Morgan fingerprint density at radius 3 is 2.90 bits per heavy atom. The van der Waals surface area contributed by atoms with E-state index < -0.39 is 12.0 Å². The summed E-state index contributed by atoms with van der Waals surface area (Å²) in [6.07, 6.45) is 5.24. The van der Waals surface area contributed by atoms with Crippen molar-refractivity contribution in [2.45, 2.75) is 25.9 Å². The molecular formula is C21H26N4O4. The number of ether oxygens (including phenoxy) is 1. The Morgan fingerprint density at radius 2 is 2.14 bits per heavy atom. The van der Waals surface area contributed by atoms with E-state index >= 15 is 0 Å². The van der Waals surface area contributed by atoms with Crippen LogP contribution in [0.5, 0.6) is 5.88 Å². The number of pyridine rings is 2. The van der Waals surface area contributed by atoms with Gasteiger partial charge >= 0.3 is 0 Å². The zero-order chi connectivity index (χ0) is 20.6. The average Bonchev–Trinajstić information content (AvgIpc) is 2.75. The predicted octanol–water partition coefficient (Wildman–Crippen LogP) is 1.06. The van der Waals surface area contributed by atoms with Gasteiger partial charge in [0.2, 0.25) is 11.8 Å². The monoisotopic (exact) mass is 398 g/mol. The second-order valence-electron chi connectivity index (χ2n) is 6.91. The number of aliphatic hydroxyl groups is 1. The van der Waals surface area contributed by atoms with Gasteiger partial charge in [0, 0.05) is 38.2 Å². The molecule has 1 aliphatic heterocycles. The summed E-state index contributed by atoms with van der Waals surface area (Å²) in [5.74, 6) is -0.894. The molecule has 2 aromatic rings. The van der Waals surface area contributed by atoms with Crippen molar-refractivity contribution in [3.05, 3.63) is 54.0 Å². The maximum Gasteiger partial charge on any atom is 0.259 e. The third-order valence-electron chi connectivity index (χ3n) is 4.92. The molecule has 2 N–H and O–H groups in total. The van der Waals surface area contributed by atoms with E-state index in [1.165, 1.54) is 0 Å². The fourth-order valence-electron chi connectivity index (χ4n) is 3.36. The van der Waals surface area contributed by atoms with Crippen LogP contribution in [0.25, 0.3) is 0 Å². The van der Waals surface area contributed by atoms with Crippen molar-refractivity contribution in [2.24, 2.45) is 5.92 Å². The van der Waals surface area contributed by atoms with E-state index in [4.69, 9.17) is 4.74 Å². The summed E-state index contributed by atoms with van der Waals surface area (Å²) < 4.78 is 5.45. The normalized spacial score (nSPS) is 18.9. The lowest BCUT2D eigenvalue weighted by atomic mass is 9.93. The van der Waals surface area contributed by atoms with E-state index in [-0.39, 0.29) is 24.2 Å². The first-order chi connectivity index (χ1) is 14.1. The van der Waals surface area contributed by atoms with E-state index in [0.29, 0.717) is 38.1 Å². The van der Waals surface area contributed by atoms with E-state index in [2.05, 4.69) is 15.3 Å². The van der Waals surface area contributed by atoms with Gasteiger partial charge in [0.05, 0.1) is 18.6 Å². The quantitative estimate of drug-likeness (QED) is 0.723. The summed E-state index contributed by atoms with van der Waals surface area (Å²) in [7, 11) is 0. The Kier molecular flexibility index (Phi) is 7.13. The van der Waals surface area contributed by atoms with Gasteiger partial charge in [0.15, 0.2) is 0 Å². The van der Waals surface area contributed by atoms with Crippen LogP contribution in [0.2, 0.25) is 0 Å². The molecule has 1 saturated heterocycles. The SMILES string of the molecule is CCOc1ncccc1C(=O)N1CC[C@@H](O)[C@@H](C(=O)NCCc2cccnc2)C1. The molecule has 0 aromatic carbocycles. The number of nitrogens with zero attached hydrogens (tertiary/aromatic N) is 3. The van der Waals surface area contributed by atoms with Gasteiger partial charge < -0.3 is 20.1 Å². The Hall–Kier alpha value is -3.00. The van der Waals surface area contributed by atoms with Crippen LogP contribution in [0, 0.1) is 5.92 Å². The van der Waals surface area contributed by atoms with Crippen molar-refractivity contribution in [2.75, 3.05) is 26.2 Å². The lowest BCUT2D eigenvalue weighted by Crippen LogP contribution is -2.51. The van der Waals surface area contributed by atoms with Crippen LogP contribution in [0.15, 0.2) is 42.9 Å². The molecule has 0 unspecified atom stereocenters. The molecule has 29 heavy (non-hydrogen) atoms. The fraction of sp³-hybridized carbons (Fsp3) is 0.429. The first-order valence-corrected chi connectivity index (χ1v) is 9.82. The molecule has 8 nitrogen and oxygen atoms in total. The van der Waals surface area contributed by atoms with Gasteiger partial charge in [0.1, 0.15) is 5.56 Å². The summed E-state index contributed by atoms with van der Waals surface area (Å²) >= 11 is 0. The second-order valence-corrected chi connectivity index (χ2v) is 6.91. The highest BCUT2D eigenvalue weighted by atomic mass is 16.5. The van der Waals surface area contributed by atoms with Gasteiger partial charge in [-0.1, -0.05) is 6.07 Å². The smallest absolute Gasteiger partial charge is 0.259 e. The van der Waals surface area contributed by atoms with E-state index in [9.17, 15) is 14.7 Å². The van der Waals surface area contributed by atoms with E-state index in [1.807, 2.05) is 19.1 Å². The van der Waals surface area contributed by atoms with Crippen LogP contribution in [-0.2, 0) is 11.2 Å². The van der Waals surface area contributed by atoms with Crippen LogP contribution in [0.1, 0.15) is 29.3 Å². The minimum atomic E-state index is -0.780. The third-order valence-corrected chi connectivity index (χ3v) is 4.92. The highest BCUT2D eigenvalue weighted by molar-refractivity contribution is 5.96. The summed E-state index contributed by atoms with van der Waals surface area (Å²) in [5.41, 5.74) is 1.38. The lowest BCUT2D eigenvalue weighted by molar-refractivity contribution is -0.130. The summed E-state index contributed by atoms with van der Waals surface area (Å²) in [5, 5.41) is 13.2. The number of nitrogens with one attached hydrogen (secondary N) is 1. The Balaban J connectivity index is 1.61. The zero-order valence-corrected chi connectivity index (χ0v) is 16.5. The van der Waals surface area contributed by atoms with Gasteiger partial charge in [-0.2, -0.15) is 0 Å². The maximum absolute atomic E-state index is 13.0. The molecule has 1 aliphatic rings. The van der Waals surface area contributed by atoms with Crippen molar-refractivity contribution < 1.29 is 19.4 Å². The molecule has 1 fully saturated rings. The van der Waals surface area contributed by atoms with Crippen molar-refractivity contribution in [1.82, 2.24) is 20.2 Å². The van der Waals surface area contributed by atoms with Crippen LogP contribution in [-0.4, -0.2) is 64.1 Å². The molecule has 154 valence electrons. The zero-order valence-electron chi connectivity index (χ0n) is 16.5. The molecule has 2 atom stereocenters. The minimum absolute atomic E-state index is 0.152. The molecule has 0 aliphatic carbocycles. The second kappa shape index (κ2) is 9.97. The highest BCUT2D eigenvalue weighted by Gasteiger charge is 2.35. The van der Waals surface area contributed by atoms with Crippen LogP contribution < -0.4 is 10.1 Å². The summed E-state index contributed by atoms with van der Waals surface area (Å²) in [6.45, 7) is 3.20. The number of carbonyl (C=O) groups excluding carboxylic acids is 2. The molecule has 0 saturated carbocycles. The largest absolute Gasteiger partial charge is 0.477 e. The number of hydrogen-bond donors (Lipinski definition) is 2. The number of amides is 2. The summed E-state index contributed by atoms with van der Waals surface area (Å²) in [4.78, 5) is 35.3. The van der Waals surface area contributed by atoms with Crippen molar-refractivity contribution in [3.63, 3.8) is 0 Å². The van der Waals surface area contributed by atoms with Crippen LogP contribution in [0.3, 0.4) is 0 Å². The van der Waals surface area contributed by atoms with Gasteiger partial charge in [-0.25, -0.2) is 4.98 Å². The molecule has 2 aromatic heterocycles. The number of piperidine rings is 1. The summed E-state index contributed by atoms with van der Waals surface area (Å²) in [6, 6.07) is 7.13. The molecule has 0 radical (unpaired) electrons. The topological polar surface area (TPSA) is 105 Å². The van der Waals surface area contributed by atoms with E-state index in [1.54, 1.807) is 35.6 Å². The van der Waals surface area contributed by atoms with E-state index in [0.717, 1.165) is 5.56 Å². The minimum Gasteiger partial charge on any atom is -0.477 e. The molecule has 2 amide bonds. The third kappa shape index (κ3) is 5.29.